The highest BCUT2D eigenvalue weighted by atomic mass is 16.4. The number of anilines is 1. The topological polar surface area (TPSA) is 191 Å². The van der Waals surface area contributed by atoms with E-state index < -0.39 is 29.4 Å². The van der Waals surface area contributed by atoms with E-state index in [0.29, 0.717) is 16.7 Å². The molecule has 3 rings (SSSR count). The molecular weight excluding hydrogens is 410 g/mol. The third kappa shape index (κ3) is 4.87. The molecule has 0 fully saturated rings. The van der Waals surface area contributed by atoms with Crippen molar-refractivity contribution in [2.75, 3.05) is 18.5 Å². The van der Waals surface area contributed by atoms with Gasteiger partial charge in [-0.2, -0.15) is 4.98 Å². The van der Waals surface area contributed by atoms with Gasteiger partial charge in [0.05, 0.1) is 36.2 Å². The van der Waals surface area contributed by atoms with E-state index in [2.05, 4.69) is 20.3 Å². The van der Waals surface area contributed by atoms with Crippen molar-refractivity contribution in [3.05, 3.63) is 38.5 Å². The van der Waals surface area contributed by atoms with Crippen LogP contribution in [0.5, 0.6) is 0 Å². The van der Waals surface area contributed by atoms with Crippen LogP contribution in [0.3, 0.4) is 0 Å². The van der Waals surface area contributed by atoms with Crippen LogP contribution < -0.4 is 16.6 Å². The molecule has 2 aliphatic rings. The van der Waals surface area contributed by atoms with Crippen molar-refractivity contribution in [1.82, 2.24) is 19.5 Å². The molecular formula is C19H23N5O7. The molecule has 31 heavy (non-hydrogen) atoms. The predicted octanol–water partition coefficient (Wildman–Crippen LogP) is -1.12. The first-order valence-corrected chi connectivity index (χ1v) is 9.59. The molecule has 6 N–H and O–H groups in total. The zero-order chi connectivity index (χ0) is 22.7. The van der Waals surface area contributed by atoms with E-state index in [4.69, 9.17) is 10.2 Å². The molecule has 0 spiro atoms. The minimum Gasteiger partial charge on any atom is -0.481 e. The lowest BCUT2D eigenvalue weighted by Crippen LogP contribution is -2.34. The lowest BCUT2D eigenvalue weighted by atomic mass is 10.1. The molecule has 0 radical (unpaired) electrons. The van der Waals surface area contributed by atoms with Crippen molar-refractivity contribution in [3.8, 4) is 11.5 Å². The van der Waals surface area contributed by atoms with E-state index in [1.165, 1.54) is 4.57 Å². The number of fused-ring (bicyclic) bond motifs is 2. The summed E-state index contributed by atoms with van der Waals surface area (Å²) in [5, 5.41) is 41.3. The first-order chi connectivity index (χ1) is 14.7. The largest absolute Gasteiger partial charge is 0.481 e. The molecule has 0 aromatic heterocycles. The van der Waals surface area contributed by atoms with E-state index in [1.54, 1.807) is 19.1 Å². The highest BCUT2D eigenvalue weighted by molar-refractivity contribution is 5.84. The van der Waals surface area contributed by atoms with E-state index in [-0.39, 0.29) is 44.1 Å². The third-order valence-electron chi connectivity index (χ3n) is 4.85. The Balaban J connectivity index is 2.19. The van der Waals surface area contributed by atoms with Gasteiger partial charge in [0, 0.05) is 18.8 Å². The number of aliphatic hydroxyl groups excluding tert-OH is 3. The molecule has 2 aliphatic heterocycles. The van der Waals surface area contributed by atoms with Gasteiger partial charge < -0.3 is 30.3 Å². The minimum atomic E-state index is -1.33. The molecule has 12 nitrogen and oxygen atoms in total. The summed E-state index contributed by atoms with van der Waals surface area (Å²) in [7, 11) is 0. The maximum absolute atomic E-state index is 12.3. The highest BCUT2D eigenvalue weighted by Gasteiger charge is 2.24. The Bertz CT molecular complexity index is 1190. The van der Waals surface area contributed by atoms with Crippen LogP contribution in [0, 0.1) is 6.92 Å². The first kappa shape index (κ1) is 22.3. The van der Waals surface area contributed by atoms with E-state index >= 15 is 0 Å². The standard InChI is InChI=1S/C19H23N5O7/c1-9-6-11-12(7-10(9)20-4-2-15(28)29)24(8-14(27)13(26)3-5-25)17-16(21-11)18(30)23-19(31)22-17/h6-7,13-14,20,25-27H,2-5,8H2,1H3,(H,28,29)(H,23,30,31). The number of aromatic amines is 1. The number of hydrogen-bond acceptors (Lipinski definition) is 9. The number of aromatic nitrogens is 4. The number of aliphatic hydroxyl groups is 3. The number of aryl methyl sites for hydroxylation is 1. The van der Waals surface area contributed by atoms with Crippen LogP contribution in [0.4, 0.5) is 5.69 Å². The molecule has 2 unspecified atom stereocenters. The van der Waals surface area contributed by atoms with E-state index in [0.717, 1.165) is 5.56 Å². The van der Waals surface area contributed by atoms with Crippen LogP contribution in [-0.2, 0) is 11.3 Å². The van der Waals surface area contributed by atoms with E-state index in [9.17, 15) is 24.6 Å². The summed E-state index contributed by atoms with van der Waals surface area (Å²) in [6.45, 7) is 1.38. The number of carboxylic acid groups (broad SMARTS) is 1. The summed E-state index contributed by atoms with van der Waals surface area (Å²) >= 11 is 0. The lowest BCUT2D eigenvalue weighted by molar-refractivity contribution is -0.136. The summed E-state index contributed by atoms with van der Waals surface area (Å²) in [4.78, 5) is 45.1. The second-order valence-electron chi connectivity index (χ2n) is 7.14. The number of H-pyrrole nitrogens is 1. The van der Waals surface area contributed by atoms with Gasteiger partial charge in [-0.1, -0.05) is 0 Å². The fourth-order valence-corrected chi connectivity index (χ4v) is 3.26. The van der Waals surface area contributed by atoms with Gasteiger partial charge in [-0.15, -0.1) is 0 Å². The van der Waals surface area contributed by atoms with E-state index in [1.807, 2.05) is 0 Å². The average Bonchev–Trinajstić information content (AvgIpc) is 2.69. The van der Waals surface area contributed by atoms with Crippen LogP contribution in [0.15, 0.2) is 21.7 Å². The van der Waals surface area contributed by atoms with Gasteiger partial charge in [-0.3, -0.25) is 14.6 Å². The highest BCUT2D eigenvalue weighted by Crippen LogP contribution is 2.27. The van der Waals surface area contributed by atoms with Crippen LogP contribution in [0.1, 0.15) is 18.4 Å². The summed E-state index contributed by atoms with van der Waals surface area (Å²) in [6, 6.07) is 3.33. The molecule has 0 saturated heterocycles. The second kappa shape index (κ2) is 9.20. The maximum atomic E-state index is 12.3. The number of nitrogens with one attached hydrogen (secondary N) is 2. The fourth-order valence-electron chi connectivity index (χ4n) is 3.26. The van der Waals surface area contributed by atoms with Crippen molar-refractivity contribution in [2.45, 2.75) is 38.5 Å². The Morgan fingerprint density at radius 1 is 1.23 bits per heavy atom. The number of carbonyl (C=O) groups is 1. The van der Waals surface area contributed by atoms with Gasteiger partial charge in [0.25, 0.3) is 5.56 Å². The molecule has 2 heterocycles. The predicted molar refractivity (Wildman–Crippen MR) is 110 cm³/mol. The van der Waals surface area contributed by atoms with Gasteiger partial charge in [0.15, 0.2) is 11.5 Å². The number of nitrogens with zero attached hydrogens (tertiary/aromatic N) is 3. The summed E-state index contributed by atoms with van der Waals surface area (Å²) < 4.78 is 1.40. The Morgan fingerprint density at radius 3 is 2.65 bits per heavy atom. The zero-order valence-electron chi connectivity index (χ0n) is 16.7. The van der Waals surface area contributed by atoms with Crippen molar-refractivity contribution in [2.24, 2.45) is 0 Å². The van der Waals surface area contributed by atoms with Crippen molar-refractivity contribution >= 4 is 22.7 Å². The Labute approximate surface area is 175 Å². The molecule has 0 amide bonds. The Morgan fingerprint density at radius 2 is 1.97 bits per heavy atom. The molecule has 1 aromatic carbocycles. The number of rotatable bonds is 9. The van der Waals surface area contributed by atoms with Gasteiger partial charge in [-0.05, 0) is 31.0 Å². The molecule has 166 valence electrons. The Kier molecular flexibility index (Phi) is 6.63. The lowest BCUT2D eigenvalue weighted by Gasteiger charge is -2.23. The van der Waals surface area contributed by atoms with Gasteiger partial charge in [-0.25, -0.2) is 9.78 Å². The molecule has 0 aliphatic carbocycles. The summed E-state index contributed by atoms with van der Waals surface area (Å²) in [5.74, 6) is -1.03. The number of hydrogen-bond donors (Lipinski definition) is 6. The first-order valence-electron chi connectivity index (χ1n) is 9.59. The quantitative estimate of drug-likeness (QED) is 0.225. The summed E-state index contributed by atoms with van der Waals surface area (Å²) in [5.41, 5.74) is 0.388. The monoisotopic (exact) mass is 433 g/mol. The van der Waals surface area contributed by atoms with Gasteiger partial charge in [0.2, 0.25) is 0 Å². The van der Waals surface area contributed by atoms with Gasteiger partial charge >= 0.3 is 11.7 Å². The average molecular weight is 433 g/mol. The number of benzene rings is 1. The maximum Gasteiger partial charge on any atom is 0.349 e. The molecule has 0 saturated carbocycles. The van der Waals surface area contributed by atoms with Gasteiger partial charge in [0.1, 0.15) is 0 Å². The smallest absolute Gasteiger partial charge is 0.349 e. The fraction of sp³-hybridized carbons (Fsp3) is 0.421. The van der Waals surface area contributed by atoms with Crippen LogP contribution in [0.2, 0.25) is 0 Å². The molecule has 2 atom stereocenters. The SMILES string of the molecule is Cc1cc2nc3c(=O)[nH]c(=O)nc-3n(CC(O)C(O)CCO)c2cc1NCCC(=O)O. The van der Waals surface area contributed by atoms with Crippen LogP contribution >= 0.6 is 0 Å². The minimum absolute atomic E-state index is 0.0649. The van der Waals surface area contributed by atoms with Crippen molar-refractivity contribution in [1.29, 1.82) is 0 Å². The van der Waals surface area contributed by atoms with Crippen molar-refractivity contribution in [3.63, 3.8) is 0 Å². The van der Waals surface area contributed by atoms with Crippen LogP contribution in [-0.4, -0.2) is 71.3 Å². The normalized spacial score (nSPS) is 13.4. The van der Waals surface area contributed by atoms with Crippen molar-refractivity contribution < 1.29 is 25.2 Å². The Hall–Kier alpha value is -3.35. The second-order valence-corrected chi connectivity index (χ2v) is 7.14. The molecule has 1 aromatic rings. The third-order valence-corrected chi connectivity index (χ3v) is 4.85. The molecule has 12 heteroatoms. The molecule has 0 bridgehead atoms. The number of aliphatic carboxylic acids is 1. The zero-order valence-corrected chi connectivity index (χ0v) is 16.7. The summed E-state index contributed by atoms with van der Waals surface area (Å²) in [6.07, 6.45) is -2.74. The number of carboxylic acids is 1. The van der Waals surface area contributed by atoms with Crippen LogP contribution in [0.25, 0.3) is 22.6 Å².